The quantitative estimate of drug-likeness (QED) is 0.417. The predicted octanol–water partition coefficient (Wildman–Crippen LogP) is 4.08. The Kier molecular flexibility index (Phi) is 8.69. The van der Waals surface area contributed by atoms with Crippen molar-refractivity contribution in [2.45, 2.75) is 62.9 Å². The number of methoxy groups -OCH3 is 1. The minimum atomic E-state index is -0.733. The van der Waals surface area contributed by atoms with Crippen molar-refractivity contribution >= 4 is 17.8 Å². The number of carbonyl (C=O) groups excluding carboxylic acids is 2. The van der Waals surface area contributed by atoms with Crippen LogP contribution in [0.2, 0.25) is 0 Å². The molecule has 2 aliphatic carbocycles. The van der Waals surface area contributed by atoms with E-state index in [-0.39, 0.29) is 23.8 Å². The summed E-state index contributed by atoms with van der Waals surface area (Å²) < 4.78 is 11.2. The number of rotatable bonds is 10. The van der Waals surface area contributed by atoms with Crippen LogP contribution in [0.1, 0.15) is 67.3 Å². The van der Waals surface area contributed by atoms with Crippen LogP contribution >= 0.6 is 0 Å². The molecule has 198 valence electrons. The first-order valence-corrected chi connectivity index (χ1v) is 13.1. The average molecular weight is 509 g/mol. The fraction of sp³-hybridized carbons (Fsp3) is 0.483. The van der Waals surface area contributed by atoms with Gasteiger partial charge in [0.05, 0.1) is 24.5 Å². The summed E-state index contributed by atoms with van der Waals surface area (Å²) in [5.74, 6) is 0.216. The monoisotopic (exact) mass is 508 g/mol. The molecule has 8 nitrogen and oxygen atoms in total. The maximum Gasteiger partial charge on any atom is 0.306 e. The number of hydrogen-bond donors (Lipinski definition) is 3. The minimum absolute atomic E-state index is 0.0000335. The van der Waals surface area contributed by atoms with Gasteiger partial charge in [-0.2, -0.15) is 0 Å². The van der Waals surface area contributed by atoms with E-state index in [4.69, 9.17) is 14.6 Å². The predicted molar refractivity (Wildman–Crippen MR) is 139 cm³/mol. The fourth-order valence-corrected chi connectivity index (χ4v) is 5.46. The van der Waals surface area contributed by atoms with Crippen molar-refractivity contribution in [3.05, 3.63) is 59.7 Å². The molecule has 2 aromatic carbocycles. The molecule has 2 amide bonds. The number of amides is 2. The number of carboxylic acids is 1. The molecule has 2 fully saturated rings. The van der Waals surface area contributed by atoms with Gasteiger partial charge in [-0.05, 0) is 80.5 Å². The van der Waals surface area contributed by atoms with Gasteiger partial charge in [0.1, 0.15) is 11.5 Å². The lowest BCUT2D eigenvalue weighted by atomic mass is 9.78. The normalized spacial score (nSPS) is 20.6. The van der Waals surface area contributed by atoms with E-state index in [1.54, 1.807) is 31.4 Å². The van der Waals surface area contributed by atoms with E-state index in [1.807, 2.05) is 24.3 Å². The molecule has 2 aromatic rings. The van der Waals surface area contributed by atoms with Gasteiger partial charge in [0.2, 0.25) is 5.91 Å². The molecule has 0 saturated heterocycles. The van der Waals surface area contributed by atoms with Gasteiger partial charge in [0.25, 0.3) is 5.91 Å². The molecule has 2 saturated carbocycles. The van der Waals surface area contributed by atoms with Gasteiger partial charge in [0, 0.05) is 18.7 Å². The van der Waals surface area contributed by atoms with Crippen molar-refractivity contribution in [2.24, 2.45) is 5.92 Å². The van der Waals surface area contributed by atoms with Crippen LogP contribution < -0.4 is 20.1 Å². The Morgan fingerprint density at radius 1 is 0.865 bits per heavy atom. The van der Waals surface area contributed by atoms with Crippen LogP contribution in [0.5, 0.6) is 11.5 Å². The summed E-state index contributed by atoms with van der Waals surface area (Å²) in [6.07, 6.45) is 6.32. The maximum atomic E-state index is 13.2. The number of aliphatic carboxylic acids is 1. The van der Waals surface area contributed by atoms with Crippen molar-refractivity contribution < 1.29 is 29.0 Å². The Balaban J connectivity index is 1.22. The molecule has 2 aliphatic rings. The Bertz CT molecular complexity index is 1070. The molecular formula is C29H36N2O6. The molecule has 4 rings (SSSR count). The summed E-state index contributed by atoms with van der Waals surface area (Å²) in [5, 5.41) is 15.0. The van der Waals surface area contributed by atoms with Crippen LogP contribution in [-0.2, 0) is 15.0 Å². The van der Waals surface area contributed by atoms with Gasteiger partial charge in [-0.15, -0.1) is 0 Å². The van der Waals surface area contributed by atoms with Gasteiger partial charge in [-0.3, -0.25) is 14.4 Å². The second-order valence-corrected chi connectivity index (χ2v) is 9.98. The van der Waals surface area contributed by atoms with E-state index >= 15 is 0 Å². The highest BCUT2D eigenvalue weighted by Crippen LogP contribution is 2.41. The summed E-state index contributed by atoms with van der Waals surface area (Å²) in [5.41, 5.74) is 0.988. The fourth-order valence-electron chi connectivity index (χ4n) is 5.46. The molecule has 0 heterocycles. The second kappa shape index (κ2) is 12.1. The van der Waals surface area contributed by atoms with Crippen molar-refractivity contribution in [1.29, 1.82) is 0 Å². The maximum absolute atomic E-state index is 13.2. The molecular weight excluding hydrogens is 472 g/mol. The third-order valence-corrected chi connectivity index (χ3v) is 7.67. The highest BCUT2D eigenvalue weighted by molar-refractivity contribution is 5.94. The number of benzene rings is 2. The van der Waals surface area contributed by atoms with Crippen molar-refractivity contribution in [2.75, 3.05) is 20.2 Å². The Morgan fingerprint density at radius 3 is 2.05 bits per heavy atom. The van der Waals surface area contributed by atoms with Crippen molar-refractivity contribution in [3.63, 3.8) is 0 Å². The Hall–Kier alpha value is -3.55. The van der Waals surface area contributed by atoms with Crippen LogP contribution in [0.4, 0.5) is 0 Å². The van der Waals surface area contributed by atoms with E-state index in [0.717, 1.165) is 37.0 Å². The molecule has 0 unspecified atom stereocenters. The molecule has 0 atom stereocenters. The summed E-state index contributed by atoms with van der Waals surface area (Å²) >= 11 is 0. The van der Waals surface area contributed by atoms with Gasteiger partial charge >= 0.3 is 5.97 Å². The zero-order valence-corrected chi connectivity index (χ0v) is 21.3. The molecule has 3 N–H and O–H groups in total. The van der Waals surface area contributed by atoms with Crippen LogP contribution in [-0.4, -0.2) is 49.2 Å². The summed E-state index contributed by atoms with van der Waals surface area (Å²) in [6.45, 7) is 0.678. The number of ether oxygens (including phenoxy) is 2. The van der Waals surface area contributed by atoms with Crippen LogP contribution in [0.25, 0.3) is 0 Å². The molecule has 0 spiro atoms. The molecule has 37 heavy (non-hydrogen) atoms. The van der Waals surface area contributed by atoms with Gasteiger partial charge in [-0.1, -0.05) is 25.0 Å². The zero-order chi connectivity index (χ0) is 26.3. The van der Waals surface area contributed by atoms with Crippen LogP contribution in [0, 0.1) is 5.92 Å². The Morgan fingerprint density at radius 2 is 1.46 bits per heavy atom. The summed E-state index contributed by atoms with van der Waals surface area (Å²) in [6, 6.07) is 14.7. The first-order chi connectivity index (χ1) is 17.9. The zero-order valence-electron chi connectivity index (χ0n) is 21.3. The SMILES string of the molecule is COc1ccc(C2(C(=O)NCCNC(=O)c3ccc(OC4CCC(C(=O)O)CC4)cc3)CCCC2)cc1. The number of carbonyl (C=O) groups is 3. The lowest BCUT2D eigenvalue weighted by Gasteiger charge is -2.28. The molecule has 0 aliphatic heterocycles. The highest BCUT2D eigenvalue weighted by Gasteiger charge is 2.42. The van der Waals surface area contributed by atoms with Crippen LogP contribution in [0.15, 0.2) is 48.5 Å². The topological polar surface area (TPSA) is 114 Å². The number of nitrogens with one attached hydrogen (secondary N) is 2. The summed E-state index contributed by atoms with van der Waals surface area (Å²) in [7, 11) is 1.63. The van der Waals surface area contributed by atoms with Crippen LogP contribution in [0.3, 0.4) is 0 Å². The smallest absolute Gasteiger partial charge is 0.306 e. The molecule has 0 radical (unpaired) electrons. The van der Waals surface area contributed by atoms with Gasteiger partial charge in [0.15, 0.2) is 0 Å². The average Bonchev–Trinajstić information content (AvgIpc) is 3.43. The molecule has 8 heteroatoms. The van der Waals surface area contributed by atoms with E-state index in [0.29, 0.717) is 50.1 Å². The van der Waals surface area contributed by atoms with Gasteiger partial charge < -0.3 is 25.2 Å². The van der Waals surface area contributed by atoms with E-state index in [2.05, 4.69) is 10.6 Å². The second-order valence-electron chi connectivity index (χ2n) is 9.98. The first kappa shape index (κ1) is 26.5. The third-order valence-electron chi connectivity index (χ3n) is 7.67. The number of carboxylic acid groups (broad SMARTS) is 1. The summed E-state index contributed by atoms with van der Waals surface area (Å²) in [4.78, 5) is 36.8. The number of hydrogen-bond acceptors (Lipinski definition) is 5. The lowest BCUT2D eigenvalue weighted by molar-refractivity contribution is -0.143. The van der Waals surface area contributed by atoms with E-state index in [1.165, 1.54) is 0 Å². The van der Waals surface area contributed by atoms with Crippen molar-refractivity contribution in [1.82, 2.24) is 10.6 Å². The lowest BCUT2D eigenvalue weighted by Crippen LogP contribution is -2.45. The van der Waals surface area contributed by atoms with E-state index < -0.39 is 11.4 Å². The van der Waals surface area contributed by atoms with E-state index in [9.17, 15) is 14.4 Å². The largest absolute Gasteiger partial charge is 0.497 e. The standard InChI is InChI=1S/C29H36N2O6/c1-36-23-14-8-22(9-15-23)29(16-2-3-17-29)28(35)31-19-18-30-26(32)20-4-10-24(11-5-20)37-25-12-6-21(7-13-25)27(33)34/h4-5,8-11,14-15,21,25H,2-3,6-7,12-13,16-19H2,1H3,(H,30,32)(H,31,35)(H,33,34). The molecule has 0 bridgehead atoms. The third kappa shape index (κ3) is 6.42. The minimum Gasteiger partial charge on any atom is -0.497 e. The van der Waals surface area contributed by atoms with Gasteiger partial charge in [-0.25, -0.2) is 0 Å². The highest BCUT2D eigenvalue weighted by atomic mass is 16.5. The first-order valence-electron chi connectivity index (χ1n) is 13.1. The Labute approximate surface area is 217 Å². The molecule has 0 aromatic heterocycles. The van der Waals surface area contributed by atoms with Crippen molar-refractivity contribution in [3.8, 4) is 11.5 Å².